The molecule has 16 rings (SSSR count). The van der Waals surface area contributed by atoms with E-state index in [9.17, 15) is 89.4 Å². The molecule has 116 heavy (non-hydrogen) atoms. The van der Waals surface area contributed by atoms with E-state index in [0.29, 0.717) is 75.8 Å². The average molecular weight is 1570 g/mol. The molecule has 12 aromatic carbocycles. The Balaban J connectivity index is 0.000000142. The van der Waals surface area contributed by atoms with Crippen molar-refractivity contribution in [3.8, 4) is 114 Å². The number of benzene rings is 12. The maximum atomic E-state index is 13.2. The number of methoxy groups -OCH3 is 1. The summed E-state index contributed by atoms with van der Waals surface area (Å²) in [5.41, 5.74) is 49.0. The van der Waals surface area contributed by atoms with Crippen LogP contribution in [0.25, 0.3) is 44.5 Å². The minimum Gasteiger partial charge on any atom is -0.508 e. The topological polar surface area (TPSA) is 575 Å². The number of carbonyl (C=O) groups excluding carboxylic acids is 8. The van der Waals surface area contributed by atoms with Gasteiger partial charge in [0.05, 0.1) is 125 Å². The lowest BCUT2D eigenvalue weighted by Gasteiger charge is -2.23. The molecule has 0 amide bonds. The number of anilines is 8. The zero-order valence-electron chi connectivity index (χ0n) is 61.9. The molecule has 4 aliphatic rings. The maximum Gasteiger partial charge on any atom is 0.200 e. The number of fused-ring (bicyclic) bond motifs is 8. The predicted molar refractivity (Wildman–Crippen MR) is 433 cm³/mol. The fourth-order valence-electron chi connectivity index (χ4n) is 14.0. The lowest BCUT2D eigenvalue weighted by atomic mass is 9.80. The minimum absolute atomic E-state index is 0.0145. The number of phenols is 10. The quantitative estimate of drug-likeness (QED) is 0.0343. The molecule has 0 aliphatic heterocycles. The molecule has 26 N–H and O–H groups in total. The lowest BCUT2D eigenvalue weighted by Crippen LogP contribution is -2.24. The summed E-state index contributed by atoms with van der Waals surface area (Å²) in [6.45, 7) is 7.39. The molecule has 12 aromatic rings. The Morgan fingerprint density at radius 2 is 0.474 bits per heavy atom. The Labute approximate surface area is 658 Å². The number of ether oxygens (including phenoxy) is 3. The van der Waals surface area contributed by atoms with Gasteiger partial charge < -0.3 is 111 Å². The summed E-state index contributed by atoms with van der Waals surface area (Å²) in [6, 6.07) is 41.2. The van der Waals surface area contributed by atoms with Crippen molar-refractivity contribution in [3.05, 3.63) is 259 Å². The number of aromatic hydroxyl groups is 10. The molecule has 0 aromatic heterocycles. The van der Waals surface area contributed by atoms with Crippen molar-refractivity contribution in [1.82, 2.24) is 0 Å². The second-order valence-electron chi connectivity index (χ2n) is 26.1. The van der Waals surface area contributed by atoms with Crippen molar-refractivity contribution in [3.63, 3.8) is 0 Å². The zero-order valence-corrected chi connectivity index (χ0v) is 61.9. The molecule has 29 nitrogen and oxygen atoms in total. The van der Waals surface area contributed by atoms with Gasteiger partial charge in [-0.2, -0.15) is 0 Å². The van der Waals surface area contributed by atoms with Gasteiger partial charge in [-0.05, 0) is 151 Å². The number of ketones is 8. The van der Waals surface area contributed by atoms with Crippen molar-refractivity contribution in [2.45, 2.75) is 20.8 Å². The lowest BCUT2D eigenvalue weighted by molar-refractivity contribution is 0.0975. The van der Waals surface area contributed by atoms with Crippen LogP contribution in [-0.4, -0.2) is 124 Å². The smallest absolute Gasteiger partial charge is 0.200 e. The van der Waals surface area contributed by atoms with Crippen LogP contribution in [0.5, 0.6) is 69.0 Å². The molecule has 0 saturated carbocycles. The van der Waals surface area contributed by atoms with E-state index in [1.54, 1.807) is 72.8 Å². The summed E-state index contributed by atoms with van der Waals surface area (Å²) in [6.07, 6.45) is 0. The van der Waals surface area contributed by atoms with Gasteiger partial charge in [-0.1, -0.05) is 62.4 Å². The van der Waals surface area contributed by atoms with Gasteiger partial charge >= 0.3 is 0 Å². The van der Waals surface area contributed by atoms with Gasteiger partial charge in [0.1, 0.15) is 75.6 Å². The van der Waals surface area contributed by atoms with Gasteiger partial charge in [0.25, 0.3) is 0 Å². The first-order valence-corrected chi connectivity index (χ1v) is 35.3. The Morgan fingerprint density at radius 3 is 0.707 bits per heavy atom. The van der Waals surface area contributed by atoms with Crippen LogP contribution in [0, 0.1) is 0 Å². The van der Waals surface area contributed by atoms with Gasteiger partial charge in [-0.15, -0.1) is 0 Å². The van der Waals surface area contributed by atoms with Crippen molar-refractivity contribution in [2.75, 3.05) is 72.8 Å². The molecule has 0 saturated heterocycles. The molecule has 0 atom stereocenters. The van der Waals surface area contributed by atoms with Crippen LogP contribution in [0.1, 0.15) is 148 Å². The summed E-state index contributed by atoms with van der Waals surface area (Å²) in [7, 11) is 1.54. The Bertz CT molecular complexity index is 6020. The number of carbonyl (C=O) groups is 8. The molecule has 4 aliphatic carbocycles. The molecule has 586 valence electrons. The summed E-state index contributed by atoms with van der Waals surface area (Å²) < 4.78 is 16.0. The maximum absolute atomic E-state index is 13.2. The van der Waals surface area contributed by atoms with Crippen molar-refractivity contribution < 1.29 is 104 Å². The summed E-state index contributed by atoms with van der Waals surface area (Å²) in [4.78, 5) is 104. The standard InChI is InChI=1S/C24H22N2O6.C21H16N2O5.2C20H14N2O5.C2H6/c1-2-31-9-10-32-13-5-3-12(4-6-13)14-11-17(28)20-21(22(14)26)24(30)19-16(27)8-7-15(25)18(19)23(20)29;1-28-10-4-2-9(3-5-10)11-8-14(25)17-18(19(11)23)21(27)16-13(24)7-6-12(22)15(16)20(17)26;2*21-11-5-6-12(24)15-14(11)19(26)16-13(25)7-10(18(22)17(16)20(15)27)8-1-3-9(23)4-2-8;1-2/h3-8,11,27-28H,2,9-10,25-26H2,1H3;2-8,24-25H,22-23H2,1H3;2*1-7,23-25H,21-22H2;1-2H3. The average Bonchev–Trinajstić information content (AvgIpc) is 0.743. The first-order valence-electron chi connectivity index (χ1n) is 35.3. The third kappa shape index (κ3) is 13.6. The molecular formula is C87H72N8O21. The number of hydrogen-bond acceptors (Lipinski definition) is 29. The van der Waals surface area contributed by atoms with Crippen LogP contribution in [0.4, 0.5) is 45.5 Å². The second kappa shape index (κ2) is 31.4. The minimum atomic E-state index is -0.696. The molecule has 0 spiro atoms. The highest BCUT2D eigenvalue weighted by molar-refractivity contribution is 6.37. The normalized spacial score (nSPS) is 12.3. The van der Waals surface area contributed by atoms with Crippen molar-refractivity contribution >= 4 is 91.8 Å². The third-order valence-corrected chi connectivity index (χ3v) is 19.5. The monoisotopic (exact) mass is 1560 g/mol. The van der Waals surface area contributed by atoms with Crippen molar-refractivity contribution in [1.29, 1.82) is 0 Å². The number of phenolic OH excluding ortho intramolecular Hbond substituents is 10. The number of rotatable bonds is 10. The van der Waals surface area contributed by atoms with E-state index in [0.717, 1.165) is 0 Å². The first kappa shape index (κ1) is 79.5. The molecule has 0 radical (unpaired) electrons. The van der Waals surface area contributed by atoms with Crippen LogP contribution in [-0.2, 0) is 4.74 Å². The number of hydrogen-bond donors (Lipinski definition) is 18. The van der Waals surface area contributed by atoms with Gasteiger partial charge in [0.15, 0.2) is 0 Å². The van der Waals surface area contributed by atoms with Crippen LogP contribution in [0.2, 0.25) is 0 Å². The highest BCUT2D eigenvalue weighted by Crippen LogP contribution is 2.51. The molecular weight excluding hydrogens is 1490 g/mol. The molecule has 0 unspecified atom stereocenters. The zero-order chi connectivity index (χ0) is 84.1. The van der Waals surface area contributed by atoms with E-state index >= 15 is 0 Å². The predicted octanol–water partition coefficient (Wildman–Crippen LogP) is 11.7. The van der Waals surface area contributed by atoms with E-state index in [2.05, 4.69) is 0 Å². The van der Waals surface area contributed by atoms with Crippen LogP contribution < -0.4 is 55.3 Å². The fourth-order valence-corrected chi connectivity index (χ4v) is 14.0. The van der Waals surface area contributed by atoms with E-state index in [4.69, 9.17) is 60.1 Å². The van der Waals surface area contributed by atoms with Crippen LogP contribution >= 0.6 is 0 Å². The van der Waals surface area contributed by atoms with Gasteiger partial charge in [-0.3, -0.25) is 38.4 Å². The highest BCUT2D eigenvalue weighted by atomic mass is 16.5. The van der Waals surface area contributed by atoms with Gasteiger partial charge in [0, 0.05) is 51.6 Å². The Morgan fingerprint density at radius 1 is 0.259 bits per heavy atom. The van der Waals surface area contributed by atoms with E-state index in [1.165, 1.54) is 104 Å². The highest BCUT2D eigenvalue weighted by Gasteiger charge is 2.43. The van der Waals surface area contributed by atoms with Crippen LogP contribution in [0.15, 0.2) is 170 Å². The van der Waals surface area contributed by atoms with Gasteiger partial charge in [0.2, 0.25) is 46.3 Å². The molecule has 0 heterocycles. The summed E-state index contributed by atoms with van der Waals surface area (Å²) in [5, 5.41) is 102. The second-order valence-corrected chi connectivity index (χ2v) is 26.1. The molecule has 0 bridgehead atoms. The molecule has 0 fully saturated rings. The molecule has 29 heteroatoms. The fraction of sp³-hybridized carbons (Fsp3) is 0.0805. The first-order chi connectivity index (χ1) is 55.3. The van der Waals surface area contributed by atoms with E-state index in [1.807, 2.05) is 20.8 Å². The number of nitrogen functional groups attached to an aromatic ring is 8. The number of nitrogens with two attached hydrogens (primary N) is 8. The summed E-state index contributed by atoms with van der Waals surface area (Å²) >= 11 is 0. The Hall–Kier alpha value is -16.0. The van der Waals surface area contributed by atoms with Gasteiger partial charge in [-0.25, -0.2) is 0 Å². The Kier molecular flexibility index (Phi) is 21.5. The van der Waals surface area contributed by atoms with Crippen LogP contribution in [0.3, 0.4) is 0 Å². The van der Waals surface area contributed by atoms with E-state index < -0.39 is 75.0 Å². The van der Waals surface area contributed by atoms with Crippen molar-refractivity contribution in [2.24, 2.45) is 0 Å². The summed E-state index contributed by atoms with van der Waals surface area (Å²) in [5.74, 6) is -7.27. The largest absolute Gasteiger partial charge is 0.508 e. The van der Waals surface area contributed by atoms with E-state index in [-0.39, 0.29) is 163 Å². The third-order valence-electron chi connectivity index (χ3n) is 19.5. The SMILES string of the molecule is CC.CCOCCOc1ccc(-c2cc(O)c3c(c2N)C(=O)c2c(O)ccc(N)c2C3=O)cc1.COc1ccc(-c2cc(O)c3c(c2N)C(=O)c2c(O)ccc(N)c2C3=O)cc1.Nc1ccc(O)c2c1C(=O)c1c(O)cc(-c3ccc(O)cc3)c(N)c1C2=O.Nc1ccc(O)c2c1C(=O)c1c(O)cc(-c3ccc(O)cc3)c(N)c1C2=O.